The fourth-order valence-corrected chi connectivity index (χ4v) is 5.69. The molecule has 7 nitrogen and oxygen atoms in total. The van der Waals surface area contributed by atoms with Gasteiger partial charge >= 0.3 is 0 Å². The molecule has 174 valence electrons. The number of nitrogens with one attached hydrogen (secondary N) is 1. The number of benzene rings is 2. The van der Waals surface area contributed by atoms with E-state index in [4.69, 9.17) is 23.2 Å². The Hall–Kier alpha value is -2.39. The van der Waals surface area contributed by atoms with Crippen molar-refractivity contribution in [3.8, 4) is 0 Å². The van der Waals surface area contributed by atoms with Crippen molar-refractivity contribution in [1.29, 1.82) is 0 Å². The van der Waals surface area contributed by atoms with E-state index in [0.717, 1.165) is 11.3 Å². The first kappa shape index (κ1) is 23.8. The first-order valence-electron chi connectivity index (χ1n) is 10.6. The van der Waals surface area contributed by atoms with Crippen LogP contribution >= 0.6 is 23.2 Å². The van der Waals surface area contributed by atoms with Crippen molar-refractivity contribution >= 4 is 45.0 Å². The number of aromatic nitrogens is 2. The molecule has 33 heavy (non-hydrogen) atoms. The molecule has 4 rings (SSSR count). The molecular formula is C23H24Cl2N4O3S. The summed E-state index contributed by atoms with van der Waals surface area (Å²) < 4.78 is 28.9. The normalized spacial score (nSPS) is 15.5. The van der Waals surface area contributed by atoms with Crippen LogP contribution in [0.25, 0.3) is 0 Å². The molecular weight excluding hydrogens is 483 g/mol. The number of amides is 1. The maximum Gasteiger partial charge on any atom is 0.243 e. The van der Waals surface area contributed by atoms with Gasteiger partial charge in [-0.1, -0.05) is 35.3 Å². The van der Waals surface area contributed by atoms with Crippen molar-refractivity contribution in [2.24, 2.45) is 5.92 Å². The molecule has 1 saturated heterocycles. The lowest BCUT2D eigenvalue weighted by atomic mass is 9.97. The largest absolute Gasteiger partial charge is 0.309 e. The van der Waals surface area contributed by atoms with E-state index in [1.165, 1.54) is 16.4 Å². The van der Waals surface area contributed by atoms with E-state index in [2.05, 4.69) is 10.4 Å². The van der Waals surface area contributed by atoms with Crippen LogP contribution in [-0.4, -0.2) is 41.5 Å². The highest BCUT2D eigenvalue weighted by molar-refractivity contribution is 7.89. The molecule has 0 bridgehead atoms. The van der Waals surface area contributed by atoms with Crippen LogP contribution in [0.3, 0.4) is 0 Å². The number of hydrogen-bond donors (Lipinski definition) is 1. The zero-order valence-corrected chi connectivity index (χ0v) is 20.4. The van der Waals surface area contributed by atoms with Crippen molar-refractivity contribution in [3.63, 3.8) is 0 Å². The van der Waals surface area contributed by atoms with Crippen molar-refractivity contribution in [1.82, 2.24) is 14.1 Å². The average molecular weight is 507 g/mol. The smallest absolute Gasteiger partial charge is 0.243 e. The number of rotatable bonds is 6. The molecule has 1 N–H and O–H groups in total. The fourth-order valence-electron chi connectivity index (χ4n) is 3.88. The molecule has 0 atom stereocenters. The van der Waals surface area contributed by atoms with Gasteiger partial charge in [-0.25, -0.2) is 8.42 Å². The molecule has 0 radical (unpaired) electrons. The molecule has 0 saturated carbocycles. The molecule has 0 spiro atoms. The summed E-state index contributed by atoms with van der Waals surface area (Å²) >= 11 is 11.9. The van der Waals surface area contributed by atoms with Crippen LogP contribution in [0.4, 0.5) is 5.82 Å². The van der Waals surface area contributed by atoms with Crippen LogP contribution < -0.4 is 5.32 Å². The van der Waals surface area contributed by atoms with Gasteiger partial charge in [-0.05, 0) is 61.7 Å². The van der Waals surface area contributed by atoms with Gasteiger partial charge in [0.25, 0.3) is 0 Å². The Balaban J connectivity index is 1.35. The second kappa shape index (κ2) is 9.85. The van der Waals surface area contributed by atoms with Gasteiger partial charge < -0.3 is 5.32 Å². The lowest BCUT2D eigenvalue weighted by Gasteiger charge is -2.30. The van der Waals surface area contributed by atoms with E-state index in [1.807, 2.05) is 41.9 Å². The highest BCUT2D eigenvalue weighted by atomic mass is 35.5. The average Bonchev–Trinajstić information content (AvgIpc) is 3.12. The zero-order chi connectivity index (χ0) is 23.6. The van der Waals surface area contributed by atoms with E-state index in [9.17, 15) is 13.2 Å². The quantitative estimate of drug-likeness (QED) is 0.529. The van der Waals surface area contributed by atoms with Gasteiger partial charge in [-0.15, -0.1) is 0 Å². The van der Waals surface area contributed by atoms with Gasteiger partial charge in [0, 0.05) is 40.8 Å². The summed E-state index contributed by atoms with van der Waals surface area (Å²) in [6.07, 6.45) is 0.891. The van der Waals surface area contributed by atoms with Gasteiger partial charge in [0.1, 0.15) is 0 Å². The number of aryl methyl sites for hydroxylation is 1. The molecule has 2 heterocycles. The van der Waals surface area contributed by atoms with E-state index in [-0.39, 0.29) is 29.8 Å². The molecule has 0 aliphatic carbocycles. The Kier molecular flexibility index (Phi) is 7.09. The summed E-state index contributed by atoms with van der Waals surface area (Å²) in [6.45, 7) is 3.03. The van der Waals surface area contributed by atoms with E-state index >= 15 is 0 Å². The molecule has 1 aliphatic heterocycles. The monoisotopic (exact) mass is 506 g/mol. The standard InChI is InChI=1S/C23H24Cl2N4O3S/c1-16-13-22(27-29(16)15-17-3-2-4-20(25)14-17)26-23(30)18-9-11-28(12-10-18)33(31,32)21-7-5-19(24)6-8-21/h2-8,13-14,18H,9-12,15H2,1H3,(H,26,27,30). The highest BCUT2D eigenvalue weighted by Crippen LogP contribution is 2.26. The summed E-state index contributed by atoms with van der Waals surface area (Å²) in [7, 11) is -3.60. The molecule has 3 aromatic rings. The molecule has 0 unspecified atom stereocenters. The molecule has 1 aromatic heterocycles. The zero-order valence-electron chi connectivity index (χ0n) is 18.0. The number of carbonyl (C=O) groups is 1. The molecule has 10 heteroatoms. The minimum Gasteiger partial charge on any atom is -0.309 e. The predicted molar refractivity (Wildman–Crippen MR) is 129 cm³/mol. The predicted octanol–water partition coefficient (Wildman–Crippen LogP) is 4.59. The lowest BCUT2D eigenvalue weighted by Crippen LogP contribution is -2.41. The molecule has 2 aromatic carbocycles. The number of anilines is 1. The van der Waals surface area contributed by atoms with Crippen LogP contribution in [0, 0.1) is 12.8 Å². The Labute approximate surface area is 203 Å². The SMILES string of the molecule is Cc1cc(NC(=O)C2CCN(S(=O)(=O)c3ccc(Cl)cc3)CC2)nn1Cc1cccc(Cl)c1. The van der Waals surface area contributed by atoms with Crippen LogP contribution in [0.1, 0.15) is 24.1 Å². The van der Waals surface area contributed by atoms with Gasteiger partial charge in [0.2, 0.25) is 15.9 Å². The Morgan fingerprint density at radius 2 is 1.76 bits per heavy atom. The summed E-state index contributed by atoms with van der Waals surface area (Å²) in [5.41, 5.74) is 1.93. The highest BCUT2D eigenvalue weighted by Gasteiger charge is 2.32. The minimum atomic E-state index is -3.60. The number of carbonyl (C=O) groups excluding carboxylic acids is 1. The third-order valence-electron chi connectivity index (χ3n) is 5.73. The topological polar surface area (TPSA) is 84.3 Å². The minimum absolute atomic E-state index is 0.147. The number of sulfonamides is 1. The third kappa shape index (κ3) is 5.58. The first-order valence-corrected chi connectivity index (χ1v) is 12.8. The molecule has 1 fully saturated rings. The summed E-state index contributed by atoms with van der Waals surface area (Å²) in [6, 6.07) is 15.5. The van der Waals surface area contributed by atoms with Gasteiger partial charge in [-0.2, -0.15) is 9.40 Å². The second-order valence-electron chi connectivity index (χ2n) is 8.08. The third-order valence-corrected chi connectivity index (χ3v) is 8.13. The van der Waals surface area contributed by atoms with Crippen molar-refractivity contribution < 1.29 is 13.2 Å². The molecule has 1 amide bonds. The first-order chi connectivity index (χ1) is 15.7. The second-order valence-corrected chi connectivity index (χ2v) is 10.9. The van der Waals surface area contributed by atoms with E-state index < -0.39 is 10.0 Å². The number of nitrogens with zero attached hydrogens (tertiary/aromatic N) is 3. The van der Waals surface area contributed by atoms with Gasteiger partial charge in [-0.3, -0.25) is 9.48 Å². The Bertz CT molecular complexity index is 1250. The van der Waals surface area contributed by atoms with Crippen LogP contribution in [0.15, 0.2) is 59.5 Å². The number of hydrogen-bond acceptors (Lipinski definition) is 4. The van der Waals surface area contributed by atoms with Crippen molar-refractivity contribution in [3.05, 3.63) is 75.9 Å². The molecule has 1 aliphatic rings. The lowest BCUT2D eigenvalue weighted by molar-refractivity contribution is -0.120. The number of halogens is 2. The maximum absolute atomic E-state index is 12.8. The van der Waals surface area contributed by atoms with Crippen LogP contribution in [0.5, 0.6) is 0 Å². The number of piperidine rings is 1. The summed E-state index contributed by atoms with van der Waals surface area (Å²) in [5.74, 6) is 0.0572. The maximum atomic E-state index is 12.8. The fraction of sp³-hybridized carbons (Fsp3) is 0.304. The van der Waals surface area contributed by atoms with Gasteiger partial charge in [0.15, 0.2) is 5.82 Å². The van der Waals surface area contributed by atoms with Crippen LogP contribution in [0.2, 0.25) is 10.0 Å². The van der Waals surface area contributed by atoms with Crippen LogP contribution in [-0.2, 0) is 21.4 Å². The summed E-state index contributed by atoms with van der Waals surface area (Å²) in [4.78, 5) is 13.0. The Morgan fingerprint density at radius 3 is 2.42 bits per heavy atom. The van der Waals surface area contributed by atoms with Crippen molar-refractivity contribution in [2.45, 2.75) is 31.2 Å². The van der Waals surface area contributed by atoms with E-state index in [0.29, 0.717) is 35.2 Å². The van der Waals surface area contributed by atoms with Gasteiger partial charge in [0.05, 0.1) is 11.4 Å². The van der Waals surface area contributed by atoms with Crippen molar-refractivity contribution in [2.75, 3.05) is 18.4 Å². The van der Waals surface area contributed by atoms with E-state index in [1.54, 1.807) is 12.1 Å². The summed E-state index contributed by atoms with van der Waals surface area (Å²) in [5, 5.41) is 8.52. The Morgan fingerprint density at radius 1 is 1.06 bits per heavy atom.